The molecule has 0 spiro atoms. The molecule has 1 rings (SSSR count). The van der Waals surface area contributed by atoms with Crippen molar-refractivity contribution in [3.63, 3.8) is 0 Å². The smallest absolute Gasteiger partial charge is 0.335 e. The zero-order valence-electron chi connectivity index (χ0n) is 4.80. The highest BCUT2D eigenvalue weighted by Crippen LogP contribution is 1.76. The standard InChI is InChI=1S/C4H4FN3O2/c5-2-1-8(6)4(10)7-3(2)9/h1H,6H2,(H,7,9,10). The van der Waals surface area contributed by atoms with Crippen LogP contribution in [0, 0.1) is 5.82 Å². The van der Waals surface area contributed by atoms with E-state index in [1.807, 2.05) is 0 Å². The summed E-state index contributed by atoms with van der Waals surface area (Å²) in [6.07, 6.45) is 0.612. The van der Waals surface area contributed by atoms with Crippen molar-refractivity contribution in [2.24, 2.45) is 0 Å². The Labute approximate surface area is 53.9 Å². The van der Waals surface area contributed by atoms with E-state index in [1.165, 1.54) is 0 Å². The lowest BCUT2D eigenvalue weighted by atomic mass is 10.6. The quantitative estimate of drug-likeness (QED) is 0.431. The Hall–Kier alpha value is -1.59. The molecule has 0 aliphatic carbocycles. The van der Waals surface area contributed by atoms with E-state index in [4.69, 9.17) is 5.84 Å². The van der Waals surface area contributed by atoms with E-state index in [2.05, 4.69) is 0 Å². The van der Waals surface area contributed by atoms with Gasteiger partial charge in [-0.25, -0.2) is 9.47 Å². The predicted molar refractivity (Wildman–Crippen MR) is 31.4 cm³/mol. The van der Waals surface area contributed by atoms with Crippen LogP contribution in [-0.4, -0.2) is 9.66 Å². The second-order valence-corrected chi connectivity index (χ2v) is 1.64. The van der Waals surface area contributed by atoms with Gasteiger partial charge in [-0.3, -0.25) is 9.78 Å². The summed E-state index contributed by atoms with van der Waals surface area (Å²) in [7, 11) is 0. The lowest BCUT2D eigenvalue weighted by Gasteiger charge is -1.92. The molecule has 10 heavy (non-hydrogen) atoms. The molecule has 3 N–H and O–H groups in total. The van der Waals surface area contributed by atoms with Gasteiger partial charge in [-0.2, -0.15) is 4.39 Å². The average Bonchev–Trinajstić information content (AvgIpc) is 1.84. The van der Waals surface area contributed by atoms with E-state index in [9.17, 15) is 14.0 Å². The Morgan fingerprint density at radius 2 is 2.20 bits per heavy atom. The van der Waals surface area contributed by atoms with E-state index in [-0.39, 0.29) is 0 Å². The molecule has 0 saturated heterocycles. The Balaban J connectivity index is 3.59. The second kappa shape index (κ2) is 1.98. The Kier molecular flexibility index (Phi) is 1.29. The molecule has 0 unspecified atom stereocenters. The van der Waals surface area contributed by atoms with Crippen molar-refractivity contribution in [1.29, 1.82) is 0 Å². The molecular weight excluding hydrogens is 141 g/mol. The van der Waals surface area contributed by atoms with E-state index in [1.54, 1.807) is 4.98 Å². The van der Waals surface area contributed by atoms with Crippen molar-refractivity contribution in [2.75, 3.05) is 5.84 Å². The highest BCUT2D eigenvalue weighted by atomic mass is 19.1. The first-order chi connectivity index (χ1) is 4.61. The summed E-state index contributed by atoms with van der Waals surface area (Å²) < 4.78 is 12.6. The monoisotopic (exact) mass is 145 g/mol. The number of aromatic amines is 1. The molecule has 54 valence electrons. The molecule has 0 aromatic carbocycles. The predicted octanol–water partition coefficient (Wildman–Crippen LogP) is -1.61. The van der Waals surface area contributed by atoms with Crippen LogP contribution in [0.1, 0.15) is 0 Å². The van der Waals surface area contributed by atoms with Gasteiger partial charge in [-0.05, 0) is 0 Å². The molecule has 1 aromatic rings. The van der Waals surface area contributed by atoms with Crippen molar-refractivity contribution in [3.05, 3.63) is 32.9 Å². The third kappa shape index (κ3) is 0.903. The number of halogens is 1. The van der Waals surface area contributed by atoms with Crippen LogP contribution >= 0.6 is 0 Å². The minimum Gasteiger partial charge on any atom is -0.335 e. The molecule has 0 aliphatic heterocycles. The van der Waals surface area contributed by atoms with E-state index >= 15 is 0 Å². The highest BCUT2D eigenvalue weighted by Gasteiger charge is 1.98. The molecule has 1 heterocycles. The van der Waals surface area contributed by atoms with Crippen LogP contribution < -0.4 is 17.1 Å². The third-order valence-corrected chi connectivity index (χ3v) is 0.924. The van der Waals surface area contributed by atoms with Crippen LogP contribution in [0.5, 0.6) is 0 Å². The van der Waals surface area contributed by atoms with Crippen molar-refractivity contribution < 1.29 is 4.39 Å². The second-order valence-electron chi connectivity index (χ2n) is 1.64. The maximum atomic E-state index is 12.2. The first kappa shape index (κ1) is 6.53. The van der Waals surface area contributed by atoms with Gasteiger partial charge in [0.2, 0.25) is 5.82 Å². The van der Waals surface area contributed by atoms with Gasteiger partial charge >= 0.3 is 5.69 Å². The summed E-state index contributed by atoms with van der Waals surface area (Å²) >= 11 is 0. The summed E-state index contributed by atoms with van der Waals surface area (Å²) in [5.41, 5.74) is -1.90. The molecule has 0 saturated carbocycles. The molecule has 0 amide bonds. The number of nitrogens with one attached hydrogen (secondary N) is 1. The van der Waals surface area contributed by atoms with Crippen molar-refractivity contribution in [1.82, 2.24) is 9.66 Å². The molecule has 0 aliphatic rings. The lowest BCUT2D eigenvalue weighted by Crippen LogP contribution is -2.35. The first-order valence-electron chi connectivity index (χ1n) is 2.38. The number of hydrogen-bond donors (Lipinski definition) is 2. The Morgan fingerprint density at radius 3 is 2.70 bits per heavy atom. The number of rotatable bonds is 0. The summed E-state index contributed by atoms with van der Waals surface area (Å²) in [5.74, 6) is 3.80. The van der Waals surface area contributed by atoms with Crippen LogP contribution in [0.4, 0.5) is 4.39 Å². The molecule has 1 aromatic heterocycles. The van der Waals surface area contributed by atoms with Crippen LogP contribution in [0.15, 0.2) is 15.8 Å². The molecule has 0 fully saturated rings. The van der Waals surface area contributed by atoms with Gasteiger partial charge < -0.3 is 5.84 Å². The van der Waals surface area contributed by atoms with Gasteiger partial charge in [-0.15, -0.1) is 0 Å². The van der Waals surface area contributed by atoms with Crippen LogP contribution in [-0.2, 0) is 0 Å². The summed E-state index contributed by atoms with van der Waals surface area (Å²) in [4.78, 5) is 22.4. The Morgan fingerprint density at radius 1 is 1.60 bits per heavy atom. The maximum Gasteiger partial charge on any atom is 0.346 e. The van der Waals surface area contributed by atoms with Gasteiger partial charge in [0.25, 0.3) is 5.56 Å². The molecule has 6 heteroatoms. The lowest BCUT2D eigenvalue weighted by molar-refractivity contribution is 0.583. The van der Waals surface area contributed by atoms with Crippen molar-refractivity contribution in [2.45, 2.75) is 0 Å². The maximum absolute atomic E-state index is 12.2. The number of hydrogen-bond acceptors (Lipinski definition) is 3. The SMILES string of the molecule is Nn1cc(F)c(=O)[nH]c1=O. The largest absolute Gasteiger partial charge is 0.346 e. The number of nitrogens with two attached hydrogens (primary N) is 1. The van der Waals surface area contributed by atoms with E-state index in [0.29, 0.717) is 10.9 Å². The van der Waals surface area contributed by atoms with Gasteiger partial charge in [0, 0.05) is 0 Å². The minimum atomic E-state index is -1.08. The van der Waals surface area contributed by atoms with Gasteiger partial charge in [0.05, 0.1) is 6.20 Å². The zero-order chi connectivity index (χ0) is 7.72. The fraction of sp³-hybridized carbons (Fsp3) is 0. The molecule has 0 radical (unpaired) electrons. The molecule has 0 atom stereocenters. The van der Waals surface area contributed by atoms with Crippen LogP contribution in [0.3, 0.4) is 0 Å². The Bertz CT molecular complexity index is 321. The highest BCUT2D eigenvalue weighted by molar-refractivity contribution is 4.86. The molecule has 5 nitrogen and oxygen atoms in total. The van der Waals surface area contributed by atoms with Gasteiger partial charge in [-0.1, -0.05) is 0 Å². The minimum absolute atomic E-state index is 0.455. The fourth-order valence-corrected chi connectivity index (χ4v) is 0.461. The normalized spacial score (nSPS) is 9.70. The molecule has 0 bridgehead atoms. The van der Waals surface area contributed by atoms with E-state index < -0.39 is 17.1 Å². The molecular formula is C4H4FN3O2. The summed E-state index contributed by atoms with van der Waals surface area (Å²) in [6.45, 7) is 0. The topological polar surface area (TPSA) is 80.9 Å². The van der Waals surface area contributed by atoms with Gasteiger partial charge in [0.15, 0.2) is 0 Å². The van der Waals surface area contributed by atoms with E-state index in [0.717, 1.165) is 0 Å². The number of H-pyrrole nitrogens is 1. The van der Waals surface area contributed by atoms with Crippen molar-refractivity contribution in [3.8, 4) is 0 Å². The first-order valence-corrected chi connectivity index (χ1v) is 2.38. The van der Waals surface area contributed by atoms with Crippen molar-refractivity contribution >= 4 is 0 Å². The van der Waals surface area contributed by atoms with Crippen LogP contribution in [0.2, 0.25) is 0 Å². The average molecular weight is 145 g/mol. The van der Waals surface area contributed by atoms with Crippen LogP contribution in [0.25, 0.3) is 0 Å². The number of aromatic nitrogens is 2. The zero-order valence-corrected chi connectivity index (χ0v) is 4.80. The summed E-state index contributed by atoms with van der Waals surface area (Å²) in [6, 6.07) is 0. The fourth-order valence-electron chi connectivity index (χ4n) is 0.461. The van der Waals surface area contributed by atoms with Gasteiger partial charge in [0.1, 0.15) is 0 Å². The third-order valence-electron chi connectivity index (χ3n) is 0.924. The number of nitrogens with zero attached hydrogens (tertiary/aromatic N) is 1. The summed E-state index contributed by atoms with van der Waals surface area (Å²) in [5, 5.41) is 0. The number of nitrogen functional groups attached to an aromatic ring is 1.